The Morgan fingerprint density at radius 1 is 1.10 bits per heavy atom. The minimum atomic E-state index is -0.0992. The van der Waals surface area contributed by atoms with Crippen molar-refractivity contribution in [2.75, 3.05) is 25.0 Å². The molecule has 1 aromatic rings. The second-order valence-electron chi connectivity index (χ2n) is 5.93. The second-order valence-corrected chi connectivity index (χ2v) is 5.93. The maximum Gasteiger partial charge on any atom is 0.126 e. The molecule has 0 amide bonds. The van der Waals surface area contributed by atoms with E-state index in [1.807, 2.05) is 20.0 Å². The number of rotatable bonds is 3. The maximum atomic E-state index is 13.9. The second kappa shape index (κ2) is 7.07. The van der Waals surface area contributed by atoms with Crippen LogP contribution in [-0.2, 0) is 0 Å². The van der Waals surface area contributed by atoms with Gasteiger partial charge in [-0.1, -0.05) is 19.3 Å². The fourth-order valence-electron chi connectivity index (χ4n) is 2.95. The Balaban J connectivity index is 2.33. The normalized spacial score (nSPS) is 18.5. The number of hydrogen-bond acceptors (Lipinski definition) is 2. The third-order valence-corrected chi connectivity index (χ3v) is 4.40. The lowest BCUT2D eigenvalue weighted by Crippen LogP contribution is -2.29. The number of aryl methyl sites for hydroxylation is 1. The molecule has 1 atom stereocenters. The summed E-state index contributed by atoms with van der Waals surface area (Å²) in [7, 11) is 1.93. The number of benzene rings is 1. The number of nitrogens with zero attached hydrogens (tertiary/aromatic N) is 1. The van der Waals surface area contributed by atoms with E-state index in [1.54, 1.807) is 6.07 Å². The van der Waals surface area contributed by atoms with E-state index >= 15 is 0 Å². The van der Waals surface area contributed by atoms with Gasteiger partial charge in [0.15, 0.2) is 0 Å². The van der Waals surface area contributed by atoms with Gasteiger partial charge in [-0.3, -0.25) is 0 Å². The fraction of sp³-hybridized carbons (Fsp3) is 0.647. The molecule has 0 aliphatic carbocycles. The highest BCUT2D eigenvalue weighted by molar-refractivity contribution is 5.57. The molecule has 0 saturated carbocycles. The van der Waals surface area contributed by atoms with Gasteiger partial charge in [-0.2, -0.15) is 0 Å². The van der Waals surface area contributed by atoms with Crippen LogP contribution in [0.15, 0.2) is 12.1 Å². The van der Waals surface area contributed by atoms with Gasteiger partial charge >= 0.3 is 0 Å². The zero-order valence-corrected chi connectivity index (χ0v) is 13.0. The van der Waals surface area contributed by atoms with Crippen molar-refractivity contribution >= 4 is 5.69 Å². The predicted octanol–water partition coefficient (Wildman–Crippen LogP) is 4.19. The third kappa shape index (κ3) is 3.51. The Morgan fingerprint density at radius 2 is 1.70 bits per heavy atom. The summed E-state index contributed by atoms with van der Waals surface area (Å²) in [5, 5.41) is 3.24. The highest BCUT2D eigenvalue weighted by Crippen LogP contribution is 2.30. The van der Waals surface area contributed by atoms with Gasteiger partial charge in [0.05, 0.1) is 0 Å². The summed E-state index contributed by atoms with van der Waals surface area (Å²) >= 11 is 0. The van der Waals surface area contributed by atoms with Crippen LogP contribution in [0.2, 0.25) is 0 Å². The van der Waals surface area contributed by atoms with Crippen LogP contribution in [0.4, 0.5) is 10.1 Å². The molecule has 1 aliphatic heterocycles. The van der Waals surface area contributed by atoms with Crippen LogP contribution in [0.3, 0.4) is 0 Å². The van der Waals surface area contributed by atoms with E-state index in [2.05, 4.69) is 17.1 Å². The monoisotopic (exact) mass is 278 g/mol. The number of nitrogens with one attached hydrogen (secondary N) is 1. The third-order valence-electron chi connectivity index (χ3n) is 4.40. The van der Waals surface area contributed by atoms with E-state index in [0.29, 0.717) is 0 Å². The van der Waals surface area contributed by atoms with E-state index < -0.39 is 0 Å². The molecule has 0 radical (unpaired) electrons. The number of halogens is 1. The van der Waals surface area contributed by atoms with Gasteiger partial charge in [0.25, 0.3) is 0 Å². The first kappa shape index (κ1) is 15.3. The molecule has 1 saturated heterocycles. The summed E-state index contributed by atoms with van der Waals surface area (Å²) in [5.41, 5.74) is 3.04. The van der Waals surface area contributed by atoms with Gasteiger partial charge in [-0.15, -0.1) is 0 Å². The minimum Gasteiger partial charge on any atom is -0.371 e. The SMILES string of the molecule is CNC(C)c1cc(F)c(C)cc1N1CCCCCCC1. The van der Waals surface area contributed by atoms with Crippen molar-refractivity contribution in [1.82, 2.24) is 5.32 Å². The summed E-state index contributed by atoms with van der Waals surface area (Å²) in [5.74, 6) is -0.0992. The van der Waals surface area contributed by atoms with E-state index in [1.165, 1.54) is 37.8 Å². The zero-order chi connectivity index (χ0) is 14.5. The van der Waals surface area contributed by atoms with Crippen molar-refractivity contribution in [3.05, 3.63) is 29.1 Å². The van der Waals surface area contributed by atoms with Gasteiger partial charge in [-0.25, -0.2) is 4.39 Å². The Morgan fingerprint density at radius 3 is 2.30 bits per heavy atom. The molecule has 1 unspecified atom stereocenters. The first-order chi connectivity index (χ1) is 9.63. The van der Waals surface area contributed by atoms with Gasteiger partial charge in [-0.05, 0) is 57.0 Å². The van der Waals surface area contributed by atoms with Crippen LogP contribution in [0.1, 0.15) is 56.2 Å². The molecular weight excluding hydrogens is 251 g/mol. The molecule has 2 nitrogen and oxygen atoms in total. The van der Waals surface area contributed by atoms with Gasteiger partial charge < -0.3 is 10.2 Å². The minimum absolute atomic E-state index is 0.0992. The molecular formula is C17H27FN2. The van der Waals surface area contributed by atoms with Gasteiger partial charge in [0, 0.05) is 24.8 Å². The summed E-state index contributed by atoms with van der Waals surface area (Å²) in [6.07, 6.45) is 6.46. The lowest BCUT2D eigenvalue weighted by atomic mass is 10.0. The molecule has 20 heavy (non-hydrogen) atoms. The first-order valence-corrected chi connectivity index (χ1v) is 7.85. The molecule has 1 N–H and O–H groups in total. The lowest BCUT2D eigenvalue weighted by Gasteiger charge is -2.31. The van der Waals surface area contributed by atoms with Crippen molar-refractivity contribution in [2.45, 2.75) is 52.0 Å². The van der Waals surface area contributed by atoms with Crippen molar-refractivity contribution in [3.8, 4) is 0 Å². The Kier molecular flexibility index (Phi) is 5.41. The van der Waals surface area contributed by atoms with Crippen molar-refractivity contribution in [2.24, 2.45) is 0 Å². The first-order valence-electron chi connectivity index (χ1n) is 7.85. The van der Waals surface area contributed by atoms with E-state index in [4.69, 9.17) is 0 Å². The zero-order valence-electron chi connectivity index (χ0n) is 13.0. The molecule has 1 aliphatic rings. The van der Waals surface area contributed by atoms with Crippen LogP contribution >= 0.6 is 0 Å². The molecule has 1 fully saturated rings. The lowest BCUT2D eigenvalue weighted by molar-refractivity contribution is 0.550. The van der Waals surface area contributed by atoms with Crippen LogP contribution in [-0.4, -0.2) is 20.1 Å². The van der Waals surface area contributed by atoms with Gasteiger partial charge in [0.1, 0.15) is 5.82 Å². The van der Waals surface area contributed by atoms with E-state index in [9.17, 15) is 4.39 Å². The van der Waals surface area contributed by atoms with E-state index in [-0.39, 0.29) is 11.9 Å². The standard InChI is InChI=1S/C17H27FN2/c1-13-11-17(15(12-16(13)18)14(2)19-3)20-9-7-5-4-6-8-10-20/h11-12,14,19H,4-10H2,1-3H3. The van der Waals surface area contributed by atoms with Crippen molar-refractivity contribution in [1.29, 1.82) is 0 Å². The van der Waals surface area contributed by atoms with Crippen LogP contribution in [0.5, 0.6) is 0 Å². The largest absolute Gasteiger partial charge is 0.371 e. The maximum absolute atomic E-state index is 13.9. The van der Waals surface area contributed by atoms with Crippen molar-refractivity contribution < 1.29 is 4.39 Å². The number of anilines is 1. The quantitative estimate of drug-likeness (QED) is 0.892. The smallest absolute Gasteiger partial charge is 0.126 e. The van der Waals surface area contributed by atoms with Crippen LogP contribution in [0.25, 0.3) is 0 Å². The molecule has 1 heterocycles. The van der Waals surface area contributed by atoms with E-state index in [0.717, 1.165) is 24.2 Å². The molecule has 1 aromatic carbocycles. The average Bonchev–Trinajstić information content (AvgIpc) is 2.40. The highest BCUT2D eigenvalue weighted by atomic mass is 19.1. The Labute approximate surface area is 122 Å². The summed E-state index contributed by atoms with van der Waals surface area (Å²) < 4.78 is 13.9. The van der Waals surface area contributed by atoms with Gasteiger partial charge in [0.2, 0.25) is 0 Å². The fourth-order valence-corrected chi connectivity index (χ4v) is 2.95. The summed E-state index contributed by atoms with van der Waals surface area (Å²) in [6, 6.07) is 3.91. The van der Waals surface area contributed by atoms with Crippen molar-refractivity contribution in [3.63, 3.8) is 0 Å². The summed E-state index contributed by atoms with van der Waals surface area (Å²) in [6.45, 7) is 6.14. The Hall–Kier alpha value is -1.09. The highest BCUT2D eigenvalue weighted by Gasteiger charge is 2.18. The molecule has 112 valence electrons. The number of hydrogen-bond donors (Lipinski definition) is 1. The topological polar surface area (TPSA) is 15.3 Å². The average molecular weight is 278 g/mol. The summed E-state index contributed by atoms with van der Waals surface area (Å²) in [4.78, 5) is 2.45. The molecule has 0 spiro atoms. The predicted molar refractivity (Wildman–Crippen MR) is 83.9 cm³/mol. The molecule has 3 heteroatoms. The molecule has 0 bridgehead atoms. The van der Waals surface area contributed by atoms with Crippen LogP contribution < -0.4 is 10.2 Å². The Bertz CT molecular complexity index is 437. The van der Waals surface area contributed by atoms with Crippen LogP contribution in [0, 0.1) is 12.7 Å². The molecule has 2 rings (SSSR count). The molecule has 0 aromatic heterocycles.